The van der Waals surface area contributed by atoms with E-state index in [1.807, 2.05) is 0 Å². The number of hydrogen-bond donors (Lipinski definition) is 1. The average Bonchev–Trinajstić information content (AvgIpc) is 3.43. The Morgan fingerprint density at radius 1 is 1.07 bits per heavy atom. The van der Waals surface area contributed by atoms with Crippen LogP contribution in [0.15, 0.2) is 70.2 Å². The number of carbonyl (C=O) groups is 1. The molecule has 1 N–H and O–H groups in total. The van der Waals surface area contributed by atoms with Crippen LogP contribution in [0.1, 0.15) is 21.7 Å². The molecule has 0 bridgehead atoms. The highest BCUT2D eigenvalue weighted by atomic mass is 32.2. The molecule has 1 amide bonds. The van der Waals surface area contributed by atoms with Crippen molar-refractivity contribution in [3.63, 3.8) is 0 Å². The molecule has 156 valence electrons. The van der Waals surface area contributed by atoms with Gasteiger partial charge in [-0.2, -0.15) is 0 Å². The van der Waals surface area contributed by atoms with E-state index in [0.29, 0.717) is 17.3 Å². The number of benzene rings is 2. The van der Waals surface area contributed by atoms with E-state index in [2.05, 4.69) is 4.72 Å². The van der Waals surface area contributed by atoms with Gasteiger partial charge in [0.1, 0.15) is 5.76 Å². The molecule has 0 fully saturated rings. The van der Waals surface area contributed by atoms with Crippen molar-refractivity contribution in [2.24, 2.45) is 0 Å². The predicted molar refractivity (Wildman–Crippen MR) is 108 cm³/mol. The molecule has 0 saturated heterocycles. The zero-order chi connectivity index (χ0) is 21.1. The minimum absolute atomic E-state index is 0.0143. The Kier molecular flexibility index (Phi) is 5.47. The molecule has 0 radical (unpaired) electrons. The van der Waals surface area contributed by atoms with Gasteiger partial charge in [-0.1, -0.05) is 12.1 Å². The van der Waals surface area contributed by atoms with Crippen LogP contribution in [0.2, 0.25) is 0 Å². The SMILES string of the molecule is CN(Cc1ccco1)C(=O)c1cccc(S(=O)(=O)NCc2ccc3c(c2)OCO3)c1. The van der Waals surface area contributed by atoms with Crippen LogP contribution in [0, 0.1) is 0 Å². The van der Waals surface area contributed by atoms with Gasteiger partial charge >= 0.3 is 0 Å². The minimum atomic E-state index is -3.82. The topological polar surface area (TPSA) is 98.1 Å². The zero-order valence-electron chi connectivity index (χ0n) is 16.2. The van der Waals surface area contributed by atoms with Crippen molar-refractivity contribution in [2.45, 2.75) is 18.0 Å². The van der Waals surface area contributed by atoms with E-state index < -0.39 is 10.0 Å². The van der Waals surface area contributed by atoms with Crippen molar-refractivity contribution in [2.75, 3.05) is 13.8 Å². The maximum atomic E-state index is 12.7. The van der Waals surface area contributed by atoms with E-state index in [0.717, 1.165) is 5.56 Å². The molecule has 2 aromatic carbocycles. The molecule has 0 atom stereocenters. The van der Waals surface area contributed by atoms with Gasteiger partial charge in [0.2, 0.25) is 16.8 Å². The molecule has 9 heteroatoms. The molecule has 30 heavy (non-hydrogen) atoms. The lowest BCUT2D eigenvalue weighted by atomic mass is 10.2. The molecule has 1 aliphatic rings. The van der Waals surface area contributed by atoms with Gasteiger partial charge in [-0.05, 0) is 48.0 Å². The van der Waals surface area contributed by atoms with Gasteiger partial charge in [0.05, 0.1) is 17.7 Å². The number of amides is 1. The lowest BCUT2D eigenvalue weighted by molar-refractivity contribution is 0.0775. The van der Waals surface area contributed by atoms with Gasteiger partial charge in [-0.15, -0.1) is 0 Å². The predicted octanol–water partition coefficient (Wildman–Crippen LogP) is 2.76. The third-order valence-electron chi connectivity index (χ3n) is 4.61. The highest BCUT2D eigenvalue weighted by molar-refractivity contribution is 7.89. The Labute approximate surface area is 174 Å². The maximum Gasteiger partial charge on any atom is 0.254 e. The first-order valence-electron chi connectivity index (χ1n) is 9.18. The summed E-state index contributed by atoms with van der Waals surface area (Å²) in [7, 11) is -2.19. The van der Waals surface area contributed by atoms with Crippen LogP contribution < -0.4 is 14.2 Å². The number of ether oxygens (including phenoxy) is 2. The fourth-order valence-electron chi connectivity index (χ4n) is 3.04. The van der Waals surface area contributed by atoms with Crippen molar-refractivity contribution in [1.29, 1.82) is 0 Å². The maximum absolute atomic E-state index is 12.7. The highest BCUT2D eigenvalue weighted by Gasteiger charge is 2.19. The minimum Gasteiger partial charge on any atom is -0.467 e. The fraction of sp³-hybridized carbons (Fsp3) is 0.190. The van der Waals surface area contributed by atoms with E-state index in [-0.39, 0.29) is 36.2 Å². The fourth-order valence-corrected chi connectivity index (χ4v) is 4.10. The van der Waals surface area contributed by atoms with Gasteiger partial charge < -0.3 is 18.8 Å². The van der Waals surface area contributed by atoms with Crippen molar-refractivity contribution in [1.82, 2.24) is 9.62 Å². The normalized spacial score (nSPS) is 12.7. The first-order valence-corrected chi connectivity index (χ1v) is 10.7. The Balaban J connectivity index is 1.45. The standard InChI is InChI=1S/C21H20N2O6S/c1-23(13-17-5-3-9-27-17)21(24)16-4-2-6-18(11-16)30(25,26)22-12-15-7-8-19-20(10-15)29-14-28-19/h2-11,22H,12-14H2,1H3. The van der Waals surface area contributed by atoms with E-state index in [4.69, 9.17) is 13.9 Å². The molecule has 3 aromatic rings. The molecular formula is C21H20N2O6S. The first kappa shape index (κ1) is 20.0. The molecule has 4 rings (SSSR count). The Morgan fingerprint density at radius 2 is 1.90 bits per heavy atom. The second-order valence-corrected chi connectivity index (χ2v) is 8.55. The van der Waals surface area contributed by atoms with Crippen LogP contribution in [-0.4, -0.2) is 33.1 Å². The van der Waals surface area contributed by atoms with Crippen LogP contribution in [0.3, 0.4) is 0 Å². The van der Waals surface area contributed by atoms with E-state index in [9.17, 15) is 13.2 Å². The van der Waals surface area contributed by atoms with Crippen molar-refractivity contribution >= 4 is 15.9 Å². The van der Waals surface area contributed by atoms with Crippen molar-refractivity contribution in [3.05, 3.63) is 77.7 Å². The van der Waals surface area contributed by atoms with Gasteiger partial charge in [-0.25, -0.2) is 13.1 Å². The molecule has 0 spiro atoms. The van der Waals surface area contributed by atoms with Crippen molar-refractivity contribution in [3.8, 4) is 11.5 Å². The van der Waals surface area contributed by atoms with Crippen LogP contribution in [-0.2, 0) is 23.1 Å². The zero-order valence-corrected chi connectivity index (χ0v) is 17.0. The summed E-state index contributed by atoms with van der Waals surface area (Å²) in [5, 5.41) is 0. The van der Waals surface area contributed by atoms with Crippen LogP contribution >= 0.6 is 0 Å². The second kappa shape index (κ2) is 8.21. The monoisotopic (exact) mass is 428 g/mol. The summed E-state index contributed by atoms with van der Waals surface area (Å²) in [6.45, 7) is 0.514. The van der Waals surface area contributed by atoms with Crippen LogP contribution in [0.5, 0.6) is 11.5 Å². The first-order chi connectivity index (χ1) is 14.4. The van der Waals surface area contributed by atoms with Crippen LogP contribution in [0.25, 0.3) is 0 Å². The van der Waals surface area contributed by atoms with Crippen LogP contribution in [0.4, 0.5) is 0 Å². The summed E-state index contributed by atoms with van der Waals surface area (Å²) < 4.78 is 43.8. The highest BCUT2D eigenvalue weighted by Crippen LogP contribution is 2.32. The number of carbonyl (C=O) groups excluding carboxylic acids is 1. The quantitative estimate of drug-likeness (QED) is 0.621. The smallest absolute Gasteiger partial charge is 0.254 e. The number of furan rings is 1. The van der Waals surface area contributed by atoms with Gasteiger partial charge in [-0.3, -0.25) is 4.79 Å². The van der Waals surface area contributed by atoms with Gasteiger partial charge in [0.25, 0.3) is 5.91 Å². The van der Waals surface area contributed by atoms with E-state index >= 15 is 0 Å². The number of hydrogen-bond acceptors (Lipinski definition) is 6. The largest absolute Gasteiger partial charge is 0.467 e. The summed E-state index contributed by atoms with van der Waals surface area (Å²) in [4.78, 5) is 14.2. The molecule has 0 saturated carbocycles. The summed E-state index contributed by atoms with van der Waals surface area (Å²) in [6.07, 6.45) is 1.53. The number of rotatable bonds is 7. The molecule has 8 nitrogen and oxygen atoms in total. The lowest BCUT2D eigenvalue weighted by Gasteiger charge is -2.16. The Bertz CT molecular complexity index is 1160. The summed E-state index contributed by atoms with van der Waals surface area (Å²) in [5.41, 5.74) is 1.00. The van der Waals surface area contributed by atoms with E-state index in [1.165, 1.54) is 23.3 Å². The lowest BCUT2D eigenvalue weighted by Crippen LogP contribution is -2.27. The number of sulfonamides is 1. The average molecular weight is 428 g/mol. The Morgan fingerprint density at radius 3 is 2.70 bits per heavy atom. The number of nitrogens with zero attached hydrogens (tertiary/aromatic N) is 1. The molecular weight excluding hydrogens is 408 g/mol. The third-order valence-corrected chi connectivity index (χ3v) is 6.01. The summed E-state index contributed by atoms with van der Waals surface area (Å²) >= 11 is 0. The summed E-state index contributed by atoms with van der Waals surface area (Å²) in [5.74, 6) is 1.55. The second-order valence-electron chi connectivity index (χ2n) is 6.78. The van der Waals surface area contributed by atoms with Crippen molar-refractivity contribution < 1.29 is 27.1 Å². The summed E-state index contributed by atoms with van der Waals surface area (Å²) in [6, 6.07) is 14.7. The molecule has 1 aromatic heterocycles. The number of nitrogens with one attached hydrogen (secondary N) is 1. The molecule has 2 heterocycles. The molecule has 0 unspecified atom stereocenters. The molecule has 0 aliphatic carbocycles. The van der Waals surface area contributed by atoms with Gasteiger partial charge in [0.15, 0.2) is 11.5 Å². The van der Waals surface area contributed by atoms with Gasteiger partial charge in [0, 0.05) is 19.2 Å². The molecule has 1 aliphatic heterocycles. The Hall–Kier alpha value is -3.30. The number of fused-ring (bicyclic) bond motifs is 1. The third kappa shape index (κ3) is 4.32. The van der Waals surface area contributed by atoms with E-state index in [1.54, 1.807) is 49.5 Å².